The van der Waals surface area contributed by atoms with E-state index in [1.165, 1.54) is 17.0 Å². The number of urea groups is 1. The van der Waals surface area contributed by atoms with Gasteiger partial charge in [-0.25, -0.2) is 9.18 Å². The number of nitrogens with zero attached hydrogens (tertiary/aromatic N) is 2. The molecular formula is C28H32FN3O4. The smallest absolute Gasteiger partial charge is 0.325 e. The number of benzene rings is 2. The lowest BCUT2D eigenvalue weighted by atomic mass is 9.74. The highest BCUT2D eigenvalue weighted by atomic mass is 19.1. The third-order valence-corrected chi connectivity index (χ3v) is 7.13. The molecule has 1 N–H and O–H groups in total. The Hall–Kier alpha value is -3.57. The van der Waals surface area contributed by atoms with Crippen LogP contribution in [0.5, 0.6) is 11.5 Å². The second kappa shape index (κ2) is 11.0. The molecule has 2 aromatic carbocycles. The zero-order valence-corrected chi connectivity index (χ0v) is 21.0. The van der Waals surface area contributed by atoms with Crippen molar-refractivity contribution in [2.24, 2.45) is 5.92 Å². The van der Waals surface area contributed by atoms with Gasteiger partial charge in [0.25, 0.3) is 5.91 Å². The van der Waals surface area contributed by atoms with E-state index in [2.05, 4.69) is 22.1 Å². The Kier molecular flexibility index (Phi) is 7.80. The van der Waals surface area contributed by atoms with Crippen molar-refractivity contribution in [1.82, 2.24) is 15.1 Å². The molecule has 2 fully saturated rings. The fraction of sp³-hybridized carbons (Fsp3) is 0.429. The van der Waals surface area contributed by atoms with Gasteiger partial charge in [-0.3, -0.25) is 14.6 Å². The molecule has 8 heteroatoms. The second-order valence-corrected chi connectivity index (χ2v) is 9.27. The molecule has 0 unspecified atom stereocenters. The van der Waals surface area contributed by atoms with E-state index in [0.29, 0.717) is 17.1 Å². The number of methoxy groups -OCH3 is 2. The van der Waals surface area contributed by atoms with Gasteiger partial charge in [0.2, 0.25) is 0 Å². The average Bonchev–Trinajstić information content (AvgIpc) is 3.12. The summed E-state index contributed by atoms with van der Waals surface area (Å²) in [6, 6.07) is 11.7. The van der Waals surface area contributed by atoms with Crippen molar-refractivity contribution in [3.05, 3.63) is 59.4 Å². The van der Waals surface area contributed by atoms with Crippen LogP contribution in [0.4, 0.5) is 9.18 Å². The topological polar surface area (TPSA) is 71.1 Å². The van der Waals surface area contributed by atoms with Gasteiger partial charge < -0.3 is 14.8 Å². The van der Waals surface area contributed by atoms with Gasteiger partial charge in [-0.2, -0.15) is 0 Å². The van der Waals surface area contributed by atoms with Crippen LogP contribution in [0, 0.1) is 23.6 Å². The summed E-state index contributed by atoms with van der Waals surface area (Å²) in [6.07, 6.45) is 1.69. The fourth-order valence-corrected chi connectivity index (χ4v) is 5.28. The first-order valence-electron chi connectivity index (χ1n) is 12.1. The molecule has 4 rings (SSSR count). The third kappa shape index (κ3) is 5.17. The number of halogens is 1. The van der Waals surface area contributed by atoms with Gasteiger partial charge in [-0.1, -0.05) is 24.1 Å². The Morgan fingerprint density at radius 2 is 1.81 bits per heavy atom. The van der Waals surface area contributed by atoms with Crippen LogP contribution in [0.1, 0.15) is 30.9 Å². The first kappa shape index (κ1) is 25.5. The number of hydrogen-bond donors (Lipinski definition) is 1. The van der Waals surface area contributed by atoms with Crippen LogP contribution in [0.2, 0.25) is 0 Å². The molecule has 1 atom stereocenters. The minimum absolute atomic E-state index is 0.0458. The van der Waals surface area contributed by atoms with Crippen molar-refractivity contribution >= 4 is 11.9 Å². The molecule has 0 radical (unpaired) electrons. The summed E-state index contributed by atoms with van der Waals surface area (Å²) in [7, 11) is 3.23. The summed E-state index contributed by atoms with van der Waals surface area (Å²) in [5, 5.41) is 3.00. The number of likely N-dealkylation sites (tertiary alicyclic amines) is 1. The van der Waals surface area contributed by atoms with E-state index in [4.69, 9.17) is 9.47 Å². The number of hydrogen-bond acceptors (Lipinski definition) is 5. The summed E-state index contributed by atoms with van der Waals surface area (Å²) in [5.41, 5.74) is 0.672. The molecular weight excluding hydrogens is 461 g/mol. The van der Waals surface area contributed by atoms with E-state index in [0.717, 1.165) is 38.0 Å². The Labute approximate surface area is 211 Å². The van der Waals surface area contributed by atoms with Gasteiger partial charge in [-0.15, -0.1) is 5.92 Å². The minimum atomic E-state index is -1.12. The number of piperidine rings is 1. The molecule has 2 aliphatic rings. The molecule has 0 saturated carbocycles. The van der Waals surface area contributed by atoms with Crippen LogP contribution in [0.25, 0.3) is 0 Å². The quantitative estimate of drug-likeness (QED) is 0.449. The number of carbonyl (C=O) groups excluding carboxylic acids is 2. The minimum Gasteiger partial charge on any atom is -0.493 e. The van der Waals surface area contributed by atoms with Crippen LogP contribution in [-0.4, -0.2) is 61.1 Å². The first-order valence-corrected chi connectivity index (χ1v) is 12.1. The Bertz CT molecular complexity index is 1180. The SMILES string of the molecule is CC#CCN1C(=O)N[C@@](Cc2cccc(F)c2)(C2CCN(Cc3ccc(OC)c(OC)c3)CC2)C1=O. The zero-order chi connectivity index (χ0) is 25.7. The lowest BCUT2D eigenvalue weighted by molar-refractivity contribution is -0.133. The van der Waals surface area contributed by atoms with Crippen LogP contribution < -0.4 is 14.8 Å². The highest BCUT2D eigenvalue weighted by molar-refractivity contribution is 6.07. The molecule has 2 aromatic rings. The van der Waals surface area contributed by atoms with E-state index >= 15 is 0 Å². The van der Waals surface area contributed by atoms with Gasteiger partial charge in [0.1, 0.15) is 11.4 Å². The summed E-state index contributed by atoms with van der Waals surface area (Å²) in [5.74, 6) is 6.22. The molecule has 0 spiro atoms. The normalized spacial score (nSPS) is 20.6. The molecule has 36 heavy (non-hydrogen) atoms. The van der Waals surface area contributed by atoms with Gasteiger partial charge in [0, 0.05) is 13.0 Å². The summed E-state index contributed by atoms with van der Waals surface area (Å²) in [4.78, 5) is 30.0. The standard InChI is InChI=1S/C28H32FN3O4/c1-4-5-13-32-26(33)28(30-27(32)34,18-20-7-6-8-23(29)16-20)22-11-14-31(15-12-22)19-21-9-10-24(35-2)25(17-21)36-3/h6-10,16-17,22H,11-15,18-19H2,1-3H3,(H,30,34)/t28-/m0/s1. The predicted octanol–water partition coefficient (Wildman–Crippen LogP) is 3.61. The third-order valence-electron chi connectivity index (χ3n) is 7.13. The highest BCUT2D eigenvalue weighted by Crippen LogP contribution is 2.37. The molecule has 0 aromatic heterocycles. The van der Waals surface area contributed by atoms with Crippen LogP contribution >= 0.6 is 0 Å². The molecule has 190 valence electrons. The predicted molar refractivity (Wildman–Crippen MR) is 134 cm³/mol. The summed E-state index contributed by atoms with van der Waals surface area (Å²) >= 11 is 0. The Morgan fingerprint density at radius 1 is 1.06 bits per heavy atom. The summed E-state index contributed by atoms with van der Waals surface area (Å²) < 4.78 is 24.7. The number of rotatable bonds is 8. The second-order valence-electron chi connectivity index (χ2n) is 9.27. The molecule has 2 heterocycles. The molecule has 7 nitrogen and oxygen atoms in total. The average molecular weight is 494 g/mol. The molecule has 0 bridgehead atoms. The largest absolute Gasteiger partial charge is 0.493 e. The number of amides is 3. The van der Waals surface area contributed by atoms with E-state index < -0.39 is 11.6 Å². The Balaban J connectivity index is 1.52. The van der Waals surface area contributed by atoms with Gasteiger partial charge in [-0.05, 0) is 74.2 Å². The van der Waals surface area contributed by atoms with E-state index in [9.17, 15) is 14.0 Å². The first-order chi connectivity index (χ1) is 17.4. The van der Waals surface area contributed by atoms with Gasteiger partial charge in [0.05, 0.1) is 20.8 Å². The van der Waals surface area contributed by atoms with E-state index in [1.54, 1.807) is 33.3 Å². The lowest BCUT2D eigenvalue weighted by Gasteiger charge is -2.41. The monoisotopic (exact) mass is 493 g/mol. The number of imide groups is 1. The van der Waals surface area contributed by atoms with E-state index in [-0.39, 0.29) is 30.6 Å². The fourth-order valence-electron chi connectivity index (χ4n) is 5.28. The maximum Gasteiger partial charge on any atom is 0.325 e. The zero-order valence-electron chi connectivity index (χ0n) is 21.0. The van der Waals surface area contributed by atoms with E-state index in [1.807, 2.05) is 18.2 Å². The van der Waals surface area contributed by atoms with Crippen molar-refractivity contribution in [3.63, 3.8) is 0 Å². The van der Waals surface area contributed by atoms with Crippen molar-refractivity contribution in [2.75, 3.05) is 33.9 Å². The van der Waals surface area contributed by atoms with Gasteiger partial charge >= 0.3 is 6.03 Å². The van der Waals surface area contributed by atoms with Crippen molar-refractivity contribution < 1.29 is 23.5 Å². The maximum absolute atomic E-state index is 14.0. The summed E-state index contributed by atoms with van der Waals surface area (Å²) in [6.45, 7) is 3.99. The van der Waals surface area contributed by atoms with Crippen LogP contribution in [0.15, 0.2) is 42.5 Å². The van der Waals surface area contributed by atoms with Crippen molar-refractivity contribution in [2.45, 2.75) is 38.3 Å². The molecule has 2 saturated heterocycles. The molecule has 0 aliphatic carbocycles. The number of carbonyl (C=O) groups is 2. The number of ether oxygens (including phenoxy) is 2. The lowest BCUT2D eigenvalue weighted by Crippen LogP contribution is -2.57. The van der Waals surface area contributed by atoms with Crippen LogP contribution in [0.3, 0.4) is 0 Å². The van der Waals surface area contributed by atoms with Crippen molar-refractivity contribution in [1.29, 1.82) is 0 Å². The molecule has 3 amide bonds. The molecule has 2 aliphatic heterocycles. The van der Waals surface area contributed by atoms with Crippen molar-refractivity contribution in [3.8, 4) is 23.3 Å². The van der Waals surface area contributed by atoms with Gasteiger partial charge in [0.15, 0.2) is 11.5 Å². The van der Waals surface area contributed by atoms with Crippen LogP contribution in [-0.2, 0) is 17.8 Å². The Morgan fingerprint density at radius 3 is 2.47 bits per heavy atom. The highest BCUT2D eigenvalue weighted by Gasteiger charge is 2.55. The number of nitrogens with one attached hydrogen (secondary N) is 1. The maximum atomic E-state index is 14.0.